The van der Waals surface area contributed by atoms with Crippen LogP contribution in [0.3, 0.4) is 0 Å². The number of benzene rings is 2. The van der Waals surface area contributed by atoms with Gasteiger partial charge in [-0.2, -0.15) is 0 Å². The molecule has 1 fully saturated rings. The predicted molar refractivity (Wildman–Crippen MR) is 118 cm³/mol. The van der Waals surface area contributed by atoms with Gasteiger partial charge >= 0.3 is 0 Å². The maximum atomic E-state index is 10.0. The summed E-state index contributed by atoms with van der Waals surface area (Å²) >= 11 is 6.18. The summed E-state index contributed by atoms with van der Waals surface area (Å²) < 4.78 is 5.24. The van der Waals surface area contributed by atoms with Crippen molar-refractivity contribution in [3.63, 3.8) is 0 Å². The molecular weight excluding hydrogens is 386 g/mol. The van der Waals surface area contributed by atoms with Gasteiger partial charge in [-0.15, -0.1) is 0 Å². The molecule has 0 spiro atoms. The van der Waals surface area contributed by atoms with E-state index in [1.807, 2.05) is 12.1 Å². The van der Waals surface area contributed by atoms with Crippen molar-refractivity contribution in [3.05, 3.63) is 47.6 Å². The van der Waals surface area contributed by atoms with Crippen LogP contribution >= 0.6 is 11.6 Å². The molecule has 0 saturated heterocycles. The van der Waals surface area contributed by atoms with E-state index in [4.69, 9.17) is 22.1 Å². The van der Waals surface area contributed by atoms with Crippen LogP contribution in [0.25, 0.3) is 22.0 Å². The number of rotatable bonds is 4. The summed E-state index contributed by atoms with van der Waals surface area (Å²) in [6.45, 7) is 2.13. The van der Waals surface area contributed by atoms with Gasteiger partial charge in [-0.05, 0) is 68.0 Å². The Morgan fingerprint density at radius 3 is 2.72 bits per heavy atom. The van der Waals surface area contributed by atoms with Crippen LogP contribution in [0, 0.1) is 6.07 Å². The molecule has 1 saturated carbocycles. The second-order valence-electron chi connectivity index (χ2n) is 8.09. The molecule has 6 heteroatoms. The van der Waals surface area contributed by atoms with E-state index in [-0.39, 0.29) is 16.3 Å². The SMILES string of the molecule is COc1cc(-c2ccc3nc[c]c(NC4CCC(C)(N)CC4)c3c2)cc(Cl)c1O. The molecule has 4 rings (SSSR count). The van der Waals surface area contributed by atoms with E-state index in [9.17, 15) is 5.11 Å². The Balaban J connectivity index is 1.69. The van der Waals surface area contributed by atoms with Crippen molar-refractivity contribution < 1.29 is 9.84 Å². The highest BCUT2D eigenvalue weighted by molar-refractivity contribution is 6.32. The third-order valence-corrected chi connectivity index (χ3v) is 6.02. The minimum absolute atomic E-state index is 0.0553. The second kappa shape index (κ2) is 7.73. The van der Waals surface area contributed by atoms with Crippen molar-refractivity contribution in [2.24, 2.45) is 5.73 Å². The molecule has 29 heavy (non-hydrogen) atoms. The molecule has 1 heterocycles. The van der Waals surface area contributed by atoms with E-state index < -0.39 is 0 Å². The van der Waals surface area contributed by atoms with Gasteiger partial charge < -0.3 is 20.9 Å². The van der Waals surface area contributed by atoms with E-state index in [1.165, 1.54) is 7.11 Å². The number of methoxy groups -OCH3 is 1. The van der Waals surface area contributed by atoms with Crippen LogP contribution in [0.4, 0.5) is 5.69 Å². The van der Waals surface area contributed by atoms with Crippen LogP contribution in [0.5, 0.6) is 11.5 Å². The number of ether oxygens (including phenoxy) is 1. The first-order chi connectivity index (χ1) is 13.9. The lowest BCUT2D eigenvalue weighted by molar-refractivity contribution is 0.305. The number of pyridine rings is 1. The number of phenols is 1. The van der Waals surface area contributed by atoms with E-state index in [1.54, 1.807) is 18.3 Å². The van der Waals surface area contributed by atoms with Crippen molar-refractivity contribution in [2.75, 3.05) is 12.4 Å². The van der Waals surface area contributed by atoms with Gasteiger partial charge in [0.05, 0.1) is 23.3 Å². The minimum Gasteiger partial charge on any atom is -0.503 e. The number of hydrogen-bond donors (Lipinski definition) is 3. The van der Waals surface area contributed by atoms with Gasteiger partial charge in [-0.25, -0.2) is 0 Å². The minimum atomic E-state index is -0.0629. The Kier molecular flexibility index (Phi) is 5.28. The third-order valence-electron chi connectivity index (χ3n) is 5.74. The first-order valence-electron chi connectivity index (χ1n) is 9.79. The molecule has 4 N–H and O–H groups in total. The molecule has 0 bridgehead atoms. The van der Waals surface area contributed by atoms with E-state index in [0.717, 1.165) is 53.4 Å². The lowest BCUT2D eigenvalue weighted by atomic mass is 9.81. The molecule has 2 aromatic carbocycles. The zero-order chi connectivity index (χ0) is 20.6. The summed E-state index contributed by atoms with van der Waals surface area (Å²) in [5, 5.41) is 14.9. The molecule has 1 radical (unpaired) electrons. The third kappa shape index (κ3) is 4.11. The summed E-state index contributed by atoms with van der Waals surface area (Å²) in [5.74, 6) is 0.288. The quantitative estimate of drug-likeness (QED) is 0.554. The van der Waals surface area contributed by atoms with Crippen molar-refractivity contribution in [1.29, 1.82) is 0 Å². The summed E-state index contributed by atoms with van der Waals surface area (Å²) in [5.41, 5.74) is 9.86. The summed E-state index contributed by atoms with van der Waals surface area (Å²) in [6, 6.07) is 13.2. The van der Waals surface area contributed by atoms with Gasteiger partial charge in [0, 0.05) is 29.2 Å². The monoisotopic (exact) mass is 410 g/mol. The maximum absolute atomic E-state index is 10.0. The smallest absolute Gasteiger partial charge is 0.176 e. The number of halogens is 1. The molecule has 0 amide bonds. The number of nitrogens with two attached hydrogens (primary N) is 1. The highest BCUT2D eigenvalue weighted by atomic mass is 35.5. The number of aromatic hydroxyl groups is 1. The zero-order valence-electron chi connectivity index (χ0n) is 16.6. The van der Waals surface area contributed by atoms with Crippen LogP contribution in [-0.4, -0.2) is 28.8 Å². The summed E-state index contributed by atoms with van der Waals surface area (Å²) in [4.78, 5) is 4.45. The number of nitrogens with zero attached hydrogens (tertiary/aromatic N) is 1. The van der Waals surface area contributed by atoms with Crippen LogP contribution in [0.1, 0.15) is 32.6 Å². The standard InChI is InChI=1S/C23H25ClN3O2/c1-23(25)8-5-16(6-9-23)27-20-7-10-26-19-4-3-14(11-17(19)20)15-12-18(24)22(28)21(13-15)29-2/h3-4,10-13,16,28H,5-6,8-9,25H2,1-2H3,(H,26,27). The molecule has 0 unspecified atom stereocenters. The Morgan fingerprint density at radius 2 is 2.00 bits per heavy atom. The Morgan fingerprint density at radius 1 is 1.24 bits per heavy atom. The van der Waals surface area contributed by atoms with Gasteiger partial charge in [0.1, 0.15) is 0 Å². The van der Waals surface area contributed by atoms with Gasteiger partial charge in [-0.1, -0.05) is 17.7 Å². The number of fused-ring (bicyclic) bond motifs is 1. The van der Waals surface area contributed by atoms with Gasteiger partial charge in [-0.3, -0.25) is 4.98 Å². The van der Waals surface area contributed by atoms with Crippen molar-refractivity contribution >= 4 is 28.2 Å². The van der Waals surface area contributed by atoms with Crippen LogP contribution in [0.15, 0.2) is 36.5 Å². The molecule has 1 aromatic heterocycles. The Labute approximate surface area is 175 Å². The highest BCUT2D eigenvalue weighted by Gasteiger charge is 2.27. The summed E-state index contributed by atoms with van der Waals surface area (Å²) in [7, 11) is 1.51. The molecular formula is C23H25ClN3O2. The first-order valence-corrected chi connectivity index (χ1v) is 10.2. The fourth-order valence-corrected chi connectivity index (χ4v) is 4.12. The number of hydrogen-bond acceptors (Lipinski definition) is 5. The average molecular weight is 411 g/mol. The van der Waals surface area contributed by atoms with Crippen LogP contribution in [0.2, 0.25) is 5.02 Å². The van der Waals surface area contributed by atoms with Crippen molar-refractivity contribution in [3.8, 4) is 22.6 Å². The molecule has 1 aliphatic rings. The second-order valence-corrected chi connectivity index (χ2v) is 8.50. The fraction of sp³-hybridized carbons (Fsp3) is 0.348. The zero-order valence-corrected chi connectivity index (χ0v) is 17.4. The largest absolute Gasteiger partial charge is 0.503 e. The Bertz CT molecular complexity index is 1040. The van der Waals surface area contributed by atoms with E-state index in [0.29, 0.717) is 11.8 Å². The van der Waals surface area contributed by atoms with Crippen LogP contribution in [-0.2, 0) is 0 Å². The molecule has 3 aromatic rings. The van der Waals surface area contributed by atoms with E-state index in [2.05, 4.69) is 29.4 Å². The molecule has 0 aliphatic heterocycles. The van der Waals surface area contributed by atoms with Crippen LogP contribution < -0.4 is 15.8 Å². The lowest BCUT2D eigenvalue weighted by Crippen LogP contribution is -2.43. The van der Waals surface area contributed by atoms with Gasteiger partial charge in [0.15, 0.2) is 11.5 Å². The molecule has 151 valence electrons. The number of aromatic nitrogens is 1. The molecule has 5 nitrogen and oxygen atoms in total. The first kappa shape index (κ1) is 19.8. The fourth-order valence-electron chi connectivity index (χ4n) is 3.91. The number of anilines is 1. The average Bonchev–Trinajstić information content (AvgIpc) is 2.71. The topological polar surface area (TPSA) is 80.4 Å². The van der Waals surface area contributed by atoms with E-state index >= 15 is 0 Å². The highest BCUT2D eigenvalue weighted by Crippen LogP contribution is 2.39. The van der Waals surface area contributed by atoms with Gasteiger partial charge in [0.25, 0.3) is 0 Å². The lowest BCUT2D eigenvalue weighted by Gasteiger charge is -2.35. The maximum Gasteiger partial charge on any atom is 0.176 e. The summed E-state index contributed by atoms with van der Waals surface area (Å²) in [6.07, 6.45) is 5.79. The molecule has 1 aliphatic carbocycles. The predicted octanol–water partition coefficient (Wildman–Crippen LogP) is 5.14. The number of nitrogens with one attached hydrogen (secondary N) is 1. The van der Waals surface area contributed by atoms with Crippen molar-refractivity contribution in [2.45, 2.75) is 44.2 Å². The number of phenolic OH excluding ortho intramolecular Hbond substituents is 1. The molecule has 0 atom stereocenters. The normalized spacial score (nSPS) is 21.9. The van der Waals surface area contributed by atoms with Gasteiger partial charge in [0.2, 0.25) is 0 Å². The van der Waals surface area contributed by atoms with Crippen molar-refractivity contribution in [1.82, 2.24) is 4.98 Å². The Hall–Kier alpha value is -2.50.